The molecule has 1 aromatic heterocycles. The Balaban J connectivity index is 1.96. The van der Waals surface area contributed by atoms with Crippen LogP contribution in [0.1, 0.15) is 42.7 Å². The lowest BCUT2D eigenvalue weighted by Crippen LogP contribution is -2.53. The number of hydrogen-bond donors (Lipinski definition) is 2. The van der Waals surface area contributed by atoms with Gasteiger partial charge in [-0.1, -0.05) is 19.3 Å². The Bertz CT molecular complexity index is 382. The van der Waals surface area contributed by atoms with Gasteiger partial charge in [0.05, 0.1) is 0 Å². The zero-order chi connectivity index (χ0) is 13.0. The molecule has 18 heavy (non-hydrogen) atoms. The third-order valence-corrected chi connectivity index (χ3v) is 3.86. The molecule has 1 aliphatic carbocycles. The fraction of sp³-hybridized carbons (Fsp3) is 0.818. The molecule has 0 spiro atoms. The van der Waals surface area contributed by atoms with Gasteiger partial charge in [-0.05, 0) is 32.2 Å². The normalized spacial score (nSPS) is 18.8. The molecule has 0 saturated heterocycles. The number of hydrogen-bond acceptors (Lipinski definition) is 5. The minimum Gasteiger partial charge on any atom is -0.347 e. The number of nitrogens with zero attached hydrogens (tertiary/aromatic N) is 4. The van der Waals surface area contributed by atoms with E-state index in [2.05, 4.69) is 44.9 Å². The molecule has 1 heterocycles. The van der Waals surface area contributed by atoms with E-state index < -0.39 is 0 Å². The topological polar surface area (TPSA) is 86.8 Å². The molecule has 100 valence electrons. The summed E-state index contributed by atoms with van der Waals surface area (Å²) >= 11 is 0. The van der Waals surface area contributed by atoms with E-state index in [4.69, 9.17) is 0 Å². The van der Waals surface area contributed by atoms with Crippen molar-refractivity contribution in [2.24, 2.45) is 0 Å². The van der Waals surface area contributed by atoms with Crippen molar-refractivity contribution in [3.8, 4) is 0 Å². The molecule has 7 heteroatoms. The molecule has 1 aromatic rings. The number of amides is 1. The molecule has 0 bridgehead atoms. The van der Waals surface area contributed by atoms with Gasteiger partial charge < -0.3 is 10.2 Å². The van der Waals surface area contributed by atoms with E-state index in [1.54, 1.807) is 0 Å². The maximum Gasteiger partial charge on any atom is 0.292 e. The molecule has 1 fully saturated rings. The summed E-state index contributed by atoms with van der Waals surface area (Å²) in [5.41, 5.74) is 0.0671. The summed E-state index contributed by atoms with van der Waals surface area (Å²) in [6.07, 6.45) is 5.96. The number of likely N-dealkylation sites (N-methyl/N-ethyl adjacent to an activating group) is 1. The molecule has 2 rings (SSSR count). The number of carbonyl (C=O) groups excluding carboxylic acids is 1. The first-order valence-electron chi connectivity index (χ1n) is 6.33. The molecule has 1 saturated carbocycles. The number of tetrazole rings is 1. The minimum absolute atomic E-state index is 0.0671. The summed E-state index contributed by atoms with van der Waals surface area (Å²) in [6.45, 7) is 0.632. The van der Waals surface area contributed by atoms with Crippen LogP contribution in [-0.2, 0) is 0 Å². The van der Waals surface area contributed by atoms with Crippen LogP contribution in [0.2, 0.25) is 0 Å². The molecular formula is C11H20N6O. The lowest BCUT2D eigenvalue weighted by Gasteiger charge is -2.43. The molecule has 0 aromatic carbocycles. The van der Waals surface area contributed by atoms with Crippen LogP contribution < -0.4 is 5.32 Å². The summed E-state index contributed by atoms with van der Waals surface area (Å²) in [6, 6.07) is 0. The van der Waals surface area contributed by atoms with Gasteiger partial charge in [-0.25, -0.2) is 0 Å². The third-order valence-electron chi connectivity index (χ3n) is 3.86. The van der Waals surface area contributed by atoms with Crippen LogP contribution >= 0.6 is 0 Å². The number of aromatic amines is 1. The predicted molar refractivity (Wildman–Crippen MR) is 66.0 cm³/mol. The quantitative estimate of drug-likeness (QED) is 0.799. The molecule has 1 aliphatic rings. The second kappa shape index (κ2) is 5.43. The number of carbonyl (C=O) groups is 1. The summed E-state index contributed by atoms with van der Waals surface area (Å²) in [4.78, 5) is 14.0. The van der Waals surface area contributed by atoms with Crippen LogP contribution in [0.25, 0.3) is 0 Å². The number of rotatable bonds is 4. The second-order valence-corrected chi connectivity index (χ2v) is 5.10. The molecule has 2 N–H and O–H groups in total. The van der Waals surface area contributed by atoms with Gasteiger partial charge in [0.1, 0.15) is 0 Å². The molecule has 0 unspecified atom stereocenters. The van der Waals surface area contributed by atoms with Gasteiger partial charge in [0.15, 0.2) is 0 Å². The van der Waals surface area contributed by atoms with Crippen LogP contribution in [0.5, 0.6) is 0 Å². The fourth-order valence-electron chi connectivity index (χ4n) is 2.57. The summed E-state index contributed by atoms with van der Waals surface area (Å²) in [5.74, 6) is -0.171. The van der Waals surface area contributed by atoms with E-state index in [1.807, 2.05) is 0 Å². The van der Waals surface area contributed by atoms with Crippen LogP contribution in [0.15, 0.2) is 0 Å². The van der Waals surface area contributed by atoms with Crippen molar-refractivity contribution in [3.05, 3.63) is 5.82 Å². The van der Waals surface area contributed by atoms with Crippen molar-refractivity contribution in [2.45, 2.75) is 37.6 Å². The van der Waals surface area contributed by atoms with E-state index in [9.17, 15) is 4.79 Å². The Kier molecular flexibility index (Phi) is 3.90. The summed E-state index contributed by atoms with van der Waals surface area (Å²) in [5, 5.41) is 15.9. The molecular weight excluding hydrogens is 232 g/mol. The van der Waals surface area contributed by atoms with Gasteiger partial charge in [0.2, 0.25) is 0 Å². The lowest BCUT2D eigenvalue weighted by molar-refractivity contribution is 0.0792. The van der Waals surface area contributed by atoms with Crippen molar-refractivity contribution in [1.82, 2.24) is 30.8 Å². The number of nitrogens with one attached hydrogen (secondary N) is 2. The largest absolute Gasteiger partial charge is 0.347 e. The van der Waals surface area contributed by atoms with Crippen molar-refractivity contribution in [2.75, 3.05) is 20.6 Å². The standard InChI is InChI=1S/C11H20N6O/c1-17(2)11(6-4-3-5-7-11)8-12-10(18)9-13-15-16-14-9/h3-8H2,1-2H3,(H,12,18)(H,13,14,15,16). The first-order valence-corrected chi connectivity index (χ1v) is 6.33. The van der Waals surface area contributed by atoms with E-state index in [1.165, 1.54) is 19.3 Å². The molecule has 0 aliphatic heterocycles. The van der Waals surface area contributed by atoms with E-state index in [-0.39, 0.29) is 17.3 Å². The summed E-state index contributed by atoms with van der Waals surface area (Å²) < 4.78 is 0. The smallest absolute Gasteiger partial charge is 0.292 e. The first kappa shape index (κ1) is 12.9. The predicted octanol–water partition coefficient (Wildman–Crippen LogP) is 0.194. The highest BCUT2D eigenvalue weighted by Gasteiger charge is 2.34. The van der Waals surface area contributed by atoms with Gasteiger partial charge in [-0.15, -0.1) is 10.2 Å². The number of aromatic nitrogens is 4. The highest BCUT2D eigenvalue weighted by molar-refractivity contribution is 5.90. The van der Waals surface area contributed by atoms with Crippen molar-refractivity contribution >= 4 is 5.91 Å². The average molecular weight is 252 g/mol. The van der Waals surface area contributed by atoms with Crippen LogP contribution in [0.4, 0.5) is 0 Å². The second-order valence-electron chi connectivity index (χ2n) is 5.10. The third kappa shape index (κ3) is 2.66. The Morgan fingerprint density at radius 2 is 2.11 bits per heavy atom. The van der Waals surface area contributed by atoms with Gasteiger partial charge in [0.25, 0.3) is 11.7 Å². The van der Waals surface area contributed by atoms with Crippen LogP contribution in [0, 0.1) is 0 Å². The van der Waals surface area contributed by atoms with Crippen molar-refractivity contribution < 1.29 is 4.79 Å². The fourth-order valence-corrected chi connectivity index (χ4v) is 2.57. The Labute approximate surface area is 106 Å². The zero-order valence-corrected chi connectivity index (χ0v) is 10.9. The Hall–Kier alpha value is -1.50. The average Bonchev–Trinajstić information content (AvgIpc) is 2.91. The zero-order valence-electron chi connectivity index (χ0n) is 10.9. The molecule has 7 nitrogen and oxygen atoms in total. The van der Waals surface area contributed by atoms with Gasteiger partial charge in [-0.2, -0.15) is 5.21 Å². The monoisotopic (exact) mass is 252 g/mol. The van der Waals surface area contributed by atoms with Gasteiger partial charge in [-0.3, -0.25) is 4.79 Å². The van der Waals surface area contributed by atoms with Gasteiger partial charge in [0, 0.05) is 12.1 Å². The SMILES string of the molecule is CN(C)C1(CNC(=O)c2nn[nH]n2)CCCCC1. The van der Waals surface area contributed by atoms with Crippen molar-refractivity contribution in [1.29, 1.82) is 0 Å². The summed E-state index contributed by atoms with van der Waals surface area (Å²) in [7, 11) is 4.15. The maximum absolute atomic E-state index is 11.8. The van der Waals surface area contributed by atoms with Crippen LogP contribution in [-0.4, -0.2) is 57.6 Å². The van der Waals surface area contributed by atoms with Crippen LogP contribution in [0.3, 0.4) is 0 Å². The minimum atomic E-state index is -0.268. The highest BCUT2D eigenvalue weighted by atomic mass is 16.2. The number of H-pyrrole nitrogens is 1. The van der Waals surface area contributed by atoms with Gasteiger partial charge >= 0.3 is 0 Å². The Morgan fingerprint density at radius 1 is 1.39 bits per heavy atom. The van der Waals surface area contributed by atoms with E-state index >= 15 is 0 Å². The lowest BCUT2D eigenvalue weighted by atomic mass is 9.80. The maximum atomic E-state index is 11.8. The molecule has 0 atom stereocenters. The molecule has 1 amide bonds. The van der Waals surface area contributed by atoms with E-state index in [0.29, 0.717) is 6.54 Å². The van der Waals surface area contributed by atoms with E-state index in [0.717, 1.165) is 12.8 Å². The Morgan fingerprint density at radius 3 is 2.67 bits per heavy atom. The first-order chi connectivity index (χ1) is 8.64. The van der Waals surface area contributed by atoms with Crippen molar-refractivity contribution in [3.63, 3.8) is 0 Å². The highest BCUT2D eigenvalue weighted by Crippen LogP contribution is 2.31. The molecule has 0 radical (unpaired) electrons.